The Hall–Kier alpha value is -1.31. The molecule has 1 spiro atoms. The Morgan fingerprint density at radius 1 is 1.03 bits per heavy atom. The predicted molar refractivity (Wildman–Crippen MR) is 121 cm³/mol. The van der Waals surface area contributed by atoms with Crippen LogP contribution in [0.25, 0.3) is 0 Å². The Morgan fingerprint density at radius 2 is 1.70 bits per heavy atom. The fourth-order valence-electron chi connectivity index (χ4n) is 6.89. The minimum Gasteiger partial charge on any atom is -0.352 e. The largest absolute Gasteiger partial charge is 0.352 e. The molecule has 3 aliphatic carbocycles. The number of nitrogens with zero attached hydrogens (tertiary/aromatic N) is 1. The van der Waals surface area contributed by atoms with Crippen molar-refractivity contribution in [2.45, 2.75) is 115 Å². The Morgan fingerprint density at radius 3 is 2.30 bits per heavy atom. The zero-order chi connectivity index (χ0) is 24.3. The molecule has 1 aliphatic heterocycles. The minimum atomic E-state index is -1.95. The molecule has 4 unspecified atom stereocenters. The fraction of sp³-hybridized carbons (Fsp3) is 0.920. The molecule has 2 bridgehead atoms. The predicted octanol–water partition coefficient (Wildman–Crippen LogP) is 4.00. The van der Waals surface area contributed by atoms with Gasteiger partial charge in [-0.05, 0) is 84.2 Å². The first kappa shape index (κ1) is 24.8. The number of carbonyl (C=O) groups excluding carboxylic acids is 2. The van der Waals surface area contributed by atoms with Gasteiger partial charge in [0.1, 0.15) is 17.5 Å². The van der Waals surface area contributed by atoms with Crippen LogP contribution < -0.4 is 10.6 Å². The first-order valence-corrected chi connectivity index (χ1v) is 12.6. The van der Waals surface area contributed by atoms with E-state index in [2.05, 4.69) is 15.5 Å². The van der Waals surface area contributed by atoms with Crippen molar-refractivity contribution < 1.29 is 22.8 Å². The quantitative estimate of drug-likeness (QED) is 0.637. The molecule has 4 fully saturated rings. The van der Waals surface area contributed by atoms with Crippen LogP contribution in [0.1, 0.15) is 85.5 Å². The highest BCUT2D eigenvalue weighted by atomic mass is 19.2. The van der Waals surface area contributed by atoms with E-state index in [1.165, 1.54) is 0 Å². The lowest BCUT2D eigenvalue weighted by molar-refractivity contribution is -0.161. The second kappa shape index (κ2) is 8.13. The second-order valence-electron chi connectivity index (χ2n) is 12.6. The van der Waals surface area contributed by atoms with Crippen molar-refractivity contribution in [2.75, 3.05) is 19.6 Å². The Kier molecular flexibility index (Phi) is 6.11. The molecule has 0 aromatic rings. The number of alkyl halides is 3. The van der Waals surface area contributed by atoms with Gasteiger partial charge in [0.25, 0.3) is 0 Å². The first-order chi connectivity index (χ1) is 15.2. The van der Waals surface area contributed by atoms with Gasteiger partial charge in [-0.3, -0.25) is 14.5 Å². The van der Waals surface area contributed by atoms with Crippen molar-refractivity contribution in [3.05, 3.63) is 0 Å². The molecule has 0 aromatic heterocycles. The summed E-state index contributed by atoms with van der Waals surface area (Å²) in [6.45, 7) is 9.46. The van der Waals surface area contributed by atoms with Gasteiger partial charge in [-0.1, -0.05) is 6.92 Å². The molecule has 8 heteroatoms. The second-order valence-corrected chi connectivity index (χ2v) is 12.6. The summed E-state index contributed by atoms with van der Waals surface area (Å²) in [6, 6.07) is -0.0310. The highest BCUT2D eigenvalue weighted by Gasteiger charge is 2.64. The number of fused-ring (bicyclic) bond motifs is 2. The van der Waals surface area contributed by atoms with Crippen LogP contribution in [0.2, 0.25) is 0 Å². The van der Waals surface area contributed by atoms with Crippen molar-refractivity contribution in [1.82, 2.24) is 15.5 Å². The zero-order valence-corrected chi connectivity index (χ0v) is 20.5. The van der Waals surface area contributed by atoms with E-state index < -0.39 is 22.9 Å². The number of carbonyl (C=O) groups is 2. The van der Waals surface area contributed by atoms with Crippen LogP contribution in [0.15, 0.2) is 0 Å². The van der Waals surface area contributed by atoms with Gasteiger partial charge < -0.3 is 10.6 Å². The molecular formula is C25H40F3N3O2. The summed E-state index contributed by atoms with van der Waals surface area (Å²) in [5.74, 6) is -0.357. The van der Waals surface area contributed by atoms with E-state index in [4.69, 9.17) is 0 Å². The smallest absolute Gasteiger partial charge is 0.234 e. The third kappa shape index (κ3) is 5.20. The van der Waals surface area contributed by atoms with Gasteiger partial charge in [-0.2, -0.15) is 0 Å². The topological polar surface area (TPSA) is 61.4 Å². The molecule has 0 aromatic carbocycles. The molecule has 2 amide bonds. The van der Waals surface area contributed by atoms with E-state index in [1.54, 1.807) is 6.92 Å². The van der Waals surface area contributed by atoms with Gasteiger partial charge in [0.15, 0.2) is 0 Å². The average molecular weight is 472 g/mol. The van der Waals surface area contributed by atoms with Crippen LogP contribution in [-0.4, -0.2) is 65.4 Å². The Labute approximate surface area is 195 Å². The van der Waals surface area contributed by atoms with Crippen LogP contribution in [0, 0.1) is 10.8 Å². The van der Waals surface area contributed by atoms with Gasteiger partial charge in [0, 0.05) is 24.4 Å². The normalized spacial score (nSPS) is 40.3. The molecule has 1 heterocycles. The summed E-state index contributed by atoms with van der Waals surface area (Å²) in [5.41, 5.74) is -5.28. The van der Waals surface area contributed by atoms with E-state index in [-0.39, 0.29) is 67.3 Å². The number of likely N-dealkylation sites (tertiary alicyclic amines) is 1. The summed E-state index contributed by atoms with van der Waals surface area (Å²) in [6.07, 6.45) is 0.431. The molecule has 0 radical (unpaired) electrons. The monoisotopic (exact) mass is 471 g/mol. The van der Waals surface area contributed by atoms with Gasteiger partial charge in [0.2, 0.25) is 11.8 Å². The van der Waals surface area contributed by atoms with Crippen LogP contribution >= 0.6 is 0 Å². The van der Waals surface area contributed by atoms with Gasteiger partial charge in [0.05, 0.1) is 12.0 Å². The molecule has 4 rings (SSSR count). The maximum atomic E-state index is 15.4. The van der Waals surface area contributed by atoms with Crippen LogP contribution in [0.4, 0.5) is 13.2 Å². The minimum absolute atomic E-state index is 0.00782. The SMILES string of the molecule is CCC1(F)CC2(F)CC(F)CC(C(=O)N[C@@H]3CC34CCN(CC(=O)NC(C)(C)C)CC4)(C1)C2. The van der Waals surface area contributed by atoms with Crippen molar-refractivity contribution in [1.29, 1.82) is 0 Å². The maximum absolute atomic E-state index is 15.4. The number of piperidine rings is 1. The van der Waals surface area contributed by atoms with E-state index in [0.29, 0.717) is 6.54 Å². The highest BCUT2D eigenvalue weighted by Crippen LogP contribution is 2.60. The summed E-state index contributed by atoms with van der Waals surface area (Å²) in [7, 11) is 0. The molecule has 3 saturated carbocycles. The van der Waals surface area contributed by atoms with E-state index in [9.17, 15) is 14.0 Å². The molecule has 2 N–H and O–H groups in total. The van der Waals surface area contributed by atoms with Crippen LogP contribution in [0.5, 0.6) is 0 Å². The number of hydrogen-bond donors (Lipinski definition) is 2. The molecule has 5 atom stereocenters. The maximum Gasteiger partial charge on any atom is 0.234 e. The van der Waals surface area contributed by atoms with Crippen molar-refractivity contribution >= 4 is 11.8 Å². The number of nitrogens with one attached hydrogen (secondary N) is 2. The lowest BCUT2D eigenvalue weighted by atomic mass is 9.55. The van der Waals surface area contributed by atoms with Gasteiger partial charge >= 0.3 is 0 Å². The summed E-state index contributed by atoms with van der Waals surface area (Å²) >= 11 is 0. The third-order valence-electron chi connectivity index (χ3n) is 8.49. The lowest BCUT2D eigenvalue weighted by Gasteiger charge is -2.53. The summed E-state index contributed by atoms with van der Waals surface area (Å²) in [5, 5.41) is 6.06. The number of amides is 2. The Bertz CT molecular complexity index is 794. The standard InChI is InChI=1S/C25H40F3N3O2/c1-5-24(27)14-23(10-17(26)11-25(28,15-23)16-24)20(33)29-18-12-22(18)6-8-31(9-7-22)13-19(32)30-21(2,3)4/h17-18H,5-16H2,1-4H3,(H,29,33)(H,30,32)/t17?,18-,23?,24?,25?/m1/s1. The average Bonchev–Trinajstić information content (AvgIpc) is 3.31. The number of hydrogen-bond acceptors (Lipinski definition) is 3. The van der Waals surface area contributed by atoms with E-state index in [1.807, 2.05) is 20.8 Å². The Balaban J connectivity index is 1.34. The molecule has 33 heavy (non-hydrogen) atoms. The zero-order valence-electron chi connectivity index (χ0n) is 20.5. The fourth-order valence-corrected chi connectivity index (χ4v) is 6.89. The molecule has 5 nitrogen and oxygen atoms in total. The summed E-state index contributed by atoms with van der Waals surface area (Å²) in [4.78, 5) is 27.7. The van der Waals surface area contributed by atoms with Crippen LogP contribution in [-0.2, 0) is 9.59 Å². The third-order valence-corrected chi connectivity index (χ3v) is 8.49. The molecule has 1 saturated heterocycles. The van der Waals surface area contributed by atoms with Gasteiger partial charge in [-0.15, -0.1) is 0 Å². The first-order valence-electron chi connectivity index (χ1n) is 12.6. The highest BCUT2D eigenvalue weighted by molar-refractivity contribution is 5.84. The summed E-state index contributed by atoms with van der Waals surface area (Å²) < 4.78 is 45.2. The van der Waals surface area contributed by atoms with Crippen molar-refractivity contribution in [3.63, 3.8) is 0 Å². The number of rotatable bonds is 5. The molecule has 188 valence electrons. The van der Waals surface area contributed by atoms with E-state index in [0.717, 1.165) is 32.4 Å². The molecular weight excluding hydrogens is 431 g/mol. The number of halogens is 3. The van der Waals surface area contributed by atoms with Crippen molar-refractivity contribution in [2.24, 2.45) is 10.8 Å². The van der Waals surface area contributed by atoms with Crippen molar-refractivity contribution in [3.8, 4) is 0 Å². The van der Waals surface area contributed by atoms with Gasteiger partial charge in [-0.25, -0.2) is 13.2 Å². The van der Waals surface area contributed by atoms with Crippen LogP contribution in [0.3, 0.4) is 0 Å². The lowest BCUT2D eigenvalue weighted by Crippen LogP contribution is -2.60. The van der Waals surface area contributed by atoms with E-state index >= 15 is 8.78 Å². The molecule has 4 aliphatic rings.